The molecule has 0 saturated carbocycles. The number of rotatable bonds is 9. The van der Waals surface area contributed by atoms with Crippen molar-refractivity contribution in [1.29, 1.82) is 0 Å². The van der Waals surface area contributed by atoms with Gasteiger partial charge in [0.25, 0.3) is 0 Å². The Labute approximate surface area is 342 Å². The molecule has 0 aliphatic rings. The summed E-state index contributed by atoms with van der Waals surface area (Å²) >= 11 is 0. The molecule has 58 heavy (non-hydrogen) atoms. The van der Waals surface area contributed by atoms with Crippen LogP contribution >= 0.6 is 0 Å². The van der Waals surface area contributed by atoms with E-state index in [1.165, 1.54) is 66.1 Å². The zero-order valence-corrected chi connectivity index (χ0v) is 33.5. The van der Waals surface area contributed by atoms with Gasteiger partial charge in [0.15, 0.2) is 0 Å². The Balaban J connectivity index is 0.933. The Hall–Kier alpha value is -7.16. The van der Waals surface area contributed by atoms with E-state index in [1.807, 2.05) is 0 Å². The van der Waals surface area contributed by atoms with Crippen molar-refractivity contribution in [3.8, 4) is 11.1 Å². The molecule has 9 aromatic carbocycles. The van der Waals surface area contributed by atoms with Crippen molar-refractivity contribution < 1.29 is 0 Å². The van der Waals surface area contributed by atoms with Gasteiger partial charge in [-0.15, -0.1) is 0 Å². The molecule has 9 rings (SSSR count). The molecule has 0 N–H and O–H groups in total. The van der Waals surface area contributed by atoms with Crippen molar-refractivity contribution in [2.75, 3.05) is 9.80 Å². The van der Waals surface area contributed by atoms with E-state index in [0.717, 1.165) is 34.1 Å². The van der Waals surface area contributed by atoms with Gasteiger partial charge in [-0.05, 0) is 162 Å². The van der Waals surface area contributed by atoms with Crippen LogP contribution in [0.15, 0.2) is 194 Å². The number of anilines is 6. The monoisotopic (exact) mass is 746 g/mol. The van der Waals surface area contributed by atoms with Gasteiger partial charge in [0.2, 0.25) is 0 Å². The highest BCUT2D eigenvalue weighted by atomic mass is 15.1. The fraction of sp³-hybridized carbons (Fsp3) is 0.0714. The SMILES string of the molecule is Cc1ccc(N(c2ccc(C)cc2)c2ccc(-c3ccc4cc(/C=C/c5ccc6cc(N(c7ccc(C)cc7)c7ccc(C)cc7)ccc6c5)ccc4c3)cc2)cc1. The van der Waals surface area contributed by atoms with Gasteiger partial charge in [-0.3, -0.25) is 0 Å². The van der Waals surface area contributed by atoms with Gasteiger partial charge in [-0.25, -0.2) is 0 Å². The number of hydrogen-bond acceptors (Lipinski definition) is 2. The second kappa shape index (κ2) is 15.8. The zero-order valence-electron chi connectivity index (χ0n) is 33.5. The first-order chi connectivity index (χ1) is 28.3. The van der Waals surface area contributed by atoms with E-state index >= 15 is 0 Å². The van der Waals surface area contributed by atoms with Crippen molar-refractivity contribution >= 4 is 67.8 Å². The second-order valence-electron chi connectivity index (χ2n) is 15.5. The van der Waals surface area contributed by atoms with Crippen LogP contribution in [0.3, 0.4) is 0 Å². The molecule has 0 saturated heterocycles. The first-order valence-electron chi connectivity index (χ1n) is 20.1. The Kier molecular flexibility index (Phi) is 9.91. The topological polar surface area (TPSA) is 6.48 Å². The van der Waals surface area contributed by atoms with Crippen LogP contribution in [-0.4, -0.2) is 0 Å². The third-order valence-corrected chi connectivity index (χ3v) is 11.1. The van der Waals surface area contributed by atoms with Gasteiger partial charge >= 0.3 is 0 Å². The number of nitrogens with zero attached hydrogens (tertiary/aromatic N) is 2. The molecule has 0 fully saturated rings. The molecule has 9 aromatic rings. The summed E-state index contributed by atoms with van der Waals surface area (Å²) in [6.07, 6.45) is 4.43. The third kappa shape index (κ3) is 7.78. The summed E-state index contributed by atoms with van der Waals surface area (Å²) in [7, 11) is 0. The molecule has 0 aliphatic heterocycles. The maximum Gasteiger partial charge on any atom is 0.0468 e. The van der Waals surface area contributed by atoms with Gasteiger partial charge in [0, 0.05) is 34.1 Å². The molecule has 280 valence electrons. The second-order valence-corrected chi connectivity index (χ2v) is 15.5. The quantitative estimate of drug-likeness (QED) is 0.136. The van der Waals surface area contributed by atoms with Gasteiger partial charge < -0.3 is 9.80 Å². The average molecular weight is 747 g/mol. The van der Waals surface area contributed by atoms with E-state index in [0.29, 0.717) is 0 Å². The van der Waals surface area contributed by atoms with E-state index in [1.54, 1.807) is 0 Å². The summed E-state index contributed by atoms with van der Waals surface area (Å²) in [6, 6.07) is 70.9. The summed E-state index contributed by atoms with van der Waals surface area (Å²) in [4.78, 5) is 4.65. The predicted molar refractivity (Wildman–Crippen MR) is 251 cm³/mol. The van der Waals surface area contributed by atoms with Crippen LogP contribution < -0.4 is 9.80 Å². The average Bonchev–Trinajstić information content (AvgIpc) is 3.26. The van der Waals surface area contributed by atoms with Crippen LogP contribution in [0.2, 0.25) is 0 Å². The normalized spacial score (nSPS) is 11.4. The van der Waals surface area contributed by atoms with E-state index in [9.17, 15) is 0 Å². The van der Waals surface area contributed by atoms with E-state index in [-0.39, 0.29) is 0 Å². The highest BCUT2D eigenvalue weighted by Crippen LogP contribution is 2.38. The van der Waals surface area contributed by atoms with Gasteiger partial charge in [-0.2, -0.15) is 0 Å². The van der Waals surface area contributed by atoms with E-state index in [2.05, 4.69) is 244 Å². The number of fused-ring (bicyclic) bond motifs is 2. The Morgan fingerprint density at radius 2 is 0.552 bits per heavy atom. The lowest BCUT2D eigenvalue weighted by atomic mass is 9.99. The van der Waals surface area contributed by atoms with Gasteiger partial charge in [0.05, 0.1) is 0 Å². The molecule has 2 heteroatoms. The lowest BCUT2D eigenvalue weighted by Crippen LogP contribution is -2.09. The fourth-order valence-electron chi connectivity index (χ4n) is 7.71. The molecule has 0 atom stereocenters. The lowest BCUT2D eigenvalue weighted by molar-refractivity contribution is 1.27. The molecule has 2 nitrogen and oxygen atoms in total. The van der Waals surface area contributed by atoms with Crippen LogP contribution in [0, 0.1) is 27.7 Å². The molecule has 0 aromatic heterocycles. The predicted octanol–water partition coefficient (Wildman–Crippen LogP) is 16.0. The molecular weight excluding hydrogens is 701 g/mol. The first kappa shape index (κ1) is 36.5. The fourth-order valence-corrected chi connectivity index (χ4v) is 7.71. The summed E-state index contributed by atoms with van der Waals surface area (Å²) in [5, 5.41) is 4.89. The highest BCUT2D eigenvalue weighted by Gasteiger charge is 2.15. The Bertz CT molecular complexity index is 2790. The van der Waals surface area contributed by atoms with Crippen LogP contribution in [0.5, 0.6) is 0 Å². The molecule has 0 spiro atoms. The van der Waals surface area contributed by atoms with Crippen molar-refractivity contribution in [2.24, 2.45) is 0 Å². The van der Waals surface area contributed by atoms with Crippen molar-refractivity contribution in [3.63, 3.8) is 0 Å². The molecule has 0 amide bonds. The summed E-state index contributed by atoms with van der Waals surface area (Å²) < 4.78 is 0. The molecule has 0 bridgehead atoms. The number of hydrogen-bond donors (Lipinski definition) is 0. The number of aryl methyl sites for hydroxylation is 4. The molecule has 0 aliphatic carbocycles. The first-order valence-corrected chi connectivity index (χ1v) is 20.1. The third-order valence-electron chi connectivity index (χ3n) is 11.1. The van der Waals surface area contributed by atoms with Crippen molar-refractivity contribution in [1.82, 2.24) is 0 Å². The Morgan fingerprint density at radius 1 is 0.259 bits per heavy atom. The minimum atomic E-state index is 1.13. The molecule has 0 unspecified atom stereocenters. The highest BCUT2D eigenvalue weighted by molar-refractivity contribution is 5.93. The zero-order chi connectivity index (χ0) is 39.6. The van der Waals surface area contributed by atoms with Gasteiger partial charge in [0.1, 0.15) is 0 Å². The minimum absolute atomic E-state index is 1.13. The van der Waals surface area contributed by atoms with Crippen LogP contribution in [0.4, 0.5) is 34.1 Å². The summed E-state index contributed by atoms with van der Waals surface area (Å²) in [5.74, 6) is 0. The van der Waals surface area contributed by atoms with Gasteiger partial charge in [-0.1, -0.05) is 138 Å². The summed E-state index contributed by atoms with van der Waals surface area (Å²) in [6.45, 7) is 8.52. The molecular formula is C56H46N2. The minimum Gasteiger partial charge on any atom is -0.311 e. The Morgan fingerprint density at radius 3 is 0.983 bits per heavy atom. The van der Waals surface area contributed by atoms with E-state index in [4.69, 9.17) is 0 Å². The van der Waals surface area contributed by atoms with Crippen LogP contribution in [-0.2, 0) is 0 Å². The standard InChI is InChI=1S/C56H46N2/c1-39-5-24-51(25-6-39)57(52-26-7-40(2)8-27-52)55-32-21-45(22-33-55)48-20-19-46-35-43(15-17-49(46)37-48)13-14-44-16-18-50-38-56(34-23-47(50)36-44)58(53-28-9-41(3)10-29-53)54-30-11-42(4)12-31-54/h5-38H,1-4H3/b14-13+. The van der Waals surface area contributed by atoms with Crippen LogP contribution in [0.25, 0.3) is 44.8 Å². The van der Waals surface area contributed by atoms with Crippen LogP contribution in [0.1, 0.15) is 33.4 Å². The van der Waals surface area contributed by atoms with Crippen molar-refractivity contribution in [2.45, 2.75) is 27.7 Å². The summed E-state index contributed by atoms with van der Waals surface area (Å²) in [5.41, 5.74) is 16.6. The molecule has 0 heterocycles. The largest absolute Gasteiger partial charge is 0.311 e. The maximum absolute atomic E-state index is 2.33. The number of benzene rings is 9. The van der Waals surface area contributed by atoms with Crippen molar-refractivity contribution in [3.05, 3.63) is 228 Å². The molecule has 0 radical (unpaired) electrons. The van der Waals surface area contributed by atoms with E-state index < -0.39 is 0 Å². The maximum atomic E-state index is 2.33. The smallest absolute Gasteiger partial charge is 0.0468 e. The lowest BCUT2D eigenvalue weighted by Gasteiger charge is -2.26.